The summed E-state index contributed by atoms with van der Waals surface area (Å²) >= 11 is 7.66. The van der Waals surface area contributed by atoms with Crippen molar-refractivity contribution in [3.63, 3.8) is 0 Å². The number of hydrogen-bond donors (Lipinski definition) is 1. The van der Waals surface area contributed by atoms with Crippen LogP contribution in [-0.2, 0) is 17.6 Å². The van der Waals surface area contributed by atoms with Crippen molar-refractivity contribution >= 4 is 56.5 Å². The zero-order valence-corrected chi connectivity index (χ0v) is 21.6. The second-order valence-corrected chi connectivity index (χ2v) is 10.2. The molecule has 2 aromatic carbocycles. The highest BCUT2D eigenvalue weighted by Crippen LogP contribution is 2.40. The van der Waals surface area contributed by atoms with Crippen molar-refractivity contribution in [3.05, 3.63) is 86.2 Å². The molecule has 2 heterocycles. The number of thiophene rings is 1. The molecule has 36 heavy (non-hydrogen) atoms. The molecule has 5 rings (SSSR count). The van der Waals surface area contributed by atoms with Crippen LogP contribution in [-0.4, -0.2) is 18.5 Å². The molecule has 2 aromatic heterocycles. The van der Waals surface area contributed by atoms with E-state index in [1.165, 1.54) is 11.3 Å². The Kier molecular flexibility index (Phi) is 6.94. The predicted molar refractivity (Wildman–Crippen MR) is 142 cm³/mol. The van der Waals surface area contributed by atoms with E-state index in [1.54, 1.807) is 31.2 Å². The highest BCUT2D eigenvalue weighted by molar-refractivity contribution is 7.16. The lowest BCUT2D eigenvalue weighted by atomic mass is 9.95. The Morgan fingerprint density at radius 2 is 1.97 bits per heavy atom. The summed E-state index contributed by atoms with van der Waals surface area (Å²) in [5.41, 5.74) is 4.07. The highest BCUT2D eigenvalue weighted by atomic mass is 35.5. The fourth-order valence-corrected chi connectivity index (χ4v) is 5.83. The van der Waals surface area contributed by atoms with E-state index in [0.29, 0.717) is 32.2 Å². The maximum Gasteiger partial charge on any atom is 0.341 e. The SMILES string of the molecule is CCOC(=O)c1c(N=c2oc3ccc(Cl)cc3cc2C(=O)Nc2cccc(C)c2)sc2c1CCCC2. The molecule has 4 aromatic rings. The number of rotatable bonds is 5. The van der Waals surface area contributed by atoms with Crippen molar-refractivity contribution in [1.82, 2.24) is 0 Å². The van der Waals surface area contributed by atoms with Gasteiger partial charge in [-0.15, -0.1) is 11.3 Å². The minimum atomic E-state index is -0.394. The maximum absolute atomic E-state index is 13.4. The number of aryl methyl sites for hydroxylation is 2. The second kappa shape index (κ2) is 10.3. The average molecular weight is 521 g/mol. The molecular formula is C28H25ClN2O4S. The molecule has 8 heteroatoms. The Labute approximate surface area is 217 Å². The predicted octanol–water partition coefficient (Wildman–Crippen LogP) is 7.00. The Morgan fingerprint density at radius 1 is 1.14 bits per heavy atom. The summed E-state index contributed by atoms with van der Waals surface area (Å²) in [5.74, 6) is -0.766. The maximum atomic E-state index is 13.4. The third kappa shape index (κ3) is 4.94. The summed E-state index contributed by atoms with van der Waals surface area (Å²) < 4.78 is 11.5. The molecule has 1 aliphatic rings. The van der Waals surface area contributed by atoms with Gasteiger partial charge in [0.15, 0.2) is 0 Å². The molecule has 0 spiro atoms. The number of benzene rings is 2. The molecule has 0 aliphatic heterocycles. The van der Waals surface area contributed by atoms with Gasteiger partial charge in [0.2, 0.25) is 5.55 Å². The fraction of sp³-hybridized carbons (Fsp3) is 0.250. The molecule has 6 nitrogen and oxygen atoms in total. The van der Waals surface area contributed by atoms with Crippen LogP contribution in [0.1, 0.15) is 56.5 Å². The van der Waals surface area contributed by atoms with E-state index < -0.39 is 5.97 Å². The van der Waals surface area contributed by atoms with Gasteiger partial charge < -0.3 is 14.5 Å². The van der Waals surface area contributed by atoms with Crippen LogP contribution in [0, 0.1) is 6.92 Å². The van der Waals surface area contributed by atoms with Crippen molar-refractivity contribution in [1.29, 1.82) is 0 Å². The van der Waals surface area contributed by atoms with Crippen molar-refractivity contribution in [2.45, 2.75) is 39.5 Å². The van der Waals surface area contributed by atoms with Crippen LogP contribution >= 0.6 is 22.9 Å². The molecule has 0 bridgehead atoms. The molecule has 0 saturated heterocycles. The Hall–Kier alpha value is -3.42. The van der Waals surface area contributed by atoms with Crippen LogP contribution in [0.2, 0.25) is 5.02 Å². The first-order valence-electron chi connectivity index (χ1n) is 11.9. The van der Waals surface area contributed by atoms with E-state index in [9.17, 15) is 9.59 Å². The van der Waals surface area contributed by atoms with Gasteiger partial charge >= 0.3 is 5.97 Å². The number of nitrogens with zero attached hydrogens (tertiary/aromatic N) is 1. The van der Waals surface area contributed by atoms with Crippen LogP contribution in [0.25, 0.3) is 11.0 Å². The Balaban J connectivity index is 1.69. The summed E-state index contributed by atoms with van der Waals surface area (Å²) in [4.78, 5) is 32.3. The molecule has 0 atom stereocenters. The first kappa shape index (κ1) is 24.3. The summed E-state index contributed by atoms with van der Waals surface area (Å²) in [5, 5.41) is 4.64. The van der Waals surface area contributed by atoms with E-state index >= 15 is 0 Å². The number of carbonyl (C=O) groups excluding carboxylic acids is 2. The van der Waals surface area contributed by atoms with Crippen LogP contribution in [0.15, 0.2) is 57.9 Å². The number of ether oxygens (including phenoxy) is 1. The number of nitrogens with one attached hydrogen (secondary N) is 1. The largest absolute Gasteiger partial charge is 0.462 e. The van der Waals surface area contributed by atoms with Gasteiger partial charge in [0, 0.05) is 21.0 Å². The molecule has 0 unspecified atom stereocenters. The first-order chi connectivity index (χ1) is 17.4. The lowest BCUT2D eigenvalue weighted by Gasteiger charge is -2.11. The Morgan fingerprint density at radius 3 is 2.78 bits per heavy atom. The van der Waals surface area contributed by atoms with Gasteiger partial charge in [-0.25, -0.2) is 9.79 Å². The van der Waals surface area contributed by atoms with Crippen LogP contribution in [0.4, 0.5) is 10.7 Å². The lowest BCUT2D eigenvalue weighted by molar-refractivity contribution is 0.0526. The van der Waals surface area contributed by atoms with Crippen molar-refractivity contribution in [2.75, 3.05) is 11.9 Å². The van der Waals surface area contributed by atoms with Crippen molar-refractivity contribution in [3.8, 4) is 0 Å². The number of halogens is 1. The zero-order valence-electron chi connectivity index (χ0n) is 20.0. The second-order valence-electron chi connectivity index (χ2n) is 8.69. The van der Waals surface area contributed by atoms with Gasteiger partial charge in [0.25, 0.3) is 5.91 Å². The zero-order chi connectivity index (χ0) is 25.2. The van der Waals surface area contributed by atoms with E-state index in [-0.39, 0.29) is 23.6 Å². The summed E-state index contributed by atoms with van der Waals surface area (Å²) in [6.07, 6.45) is 3.79. The first-order valence-corrected chi connectivity index (χ1v) is 13.1. The number of amides is 1. The molecule has 184 valence electrons. The van der Waals surface area contributed by atoms with Gasteiger partial charge in [-0.3, -0.25) is 4.79 Å². The fourth-order valence-electron chi connectivity index (χ4n) is 4.40. The van der Waals surface area contributed by atoms with Crippen molar-refractivity contribution < 1.29 is 18.7 Å². The third-order valence-electron chi connectivity index (χ3n) is 6.06. The van der Waals surface area contributed by atoms with E-state index in [2.05, 4.69) is 5.32 Å². The van der Waals surface area contributed by atoms with Crippen LogP contribution < -0.4 is 10.9 Å². The Bertz CT molecular complexity index is 1550. The summed E-state index contributed by atoms with van der Waals surface area (Å²) in [6, 6.07) is 14.5. The van der Waals surface area contributed by atoms with Gasteiger partial charge in [-0.2, -0.15) is 0 Å². The van der Waals surface area contributed by atoms with Gasteiger partial charge in [0.1, 0.15) is 16.1 Å². The van der Waals surface area contributed by atoms with Gasteiger partial charge in [-0.05, 0) is 87.1 Å². The van der Waals surface area contributed by atoms with Gasteiger partial charge in [-0.1, -0.05) is 23.7 Å². The molecule has 0 fully saturated rings. The standard InChI is InChI=1S/C28H25ClN2O4S/c1-3-34-28(33)24-20-9-4-5-10-23(20)36-27(24)31-26-21(15-17-14-18(29)11-12-22(17)35-26)25(32)30-19-8-6-7-16(2)13-19/h6-8,11-15H,3-5,9-10H2,1-2H3,(H,30,32). The number of hydrogen-bond acceptors (Lipinski definition) is 6. The number of esters is 1. The average Bonchev–Trinajstić information content (AvgIpc) is 3.22. The molecule has 1 N–H and O–H groups in total. The van der Waals surface area contributed by atoms with E-state index in [4.69, 9.17) is 25.7 Å². The lowest BCUT2D eigenvalue weighted by Crippen LogP contribution is -2.21. The minimum absolute atomic E-state index is 0.124. The van der Waals surface area contributed by atoms with Crippen LogP contribution in [0.5, 0.6) is 0 Å². The summed E-state index contributed by atoms with van der Waals surface area (Å²) in [6.45, 7) is 4.01. The quantitative estimate of drug-likeness (QED) is 0.287. The molecule has 0 saturated carbocycles. The van der Waals surface area contributed by atoms with E-state index in [0.717, 1.165) is 41.7 Å². The van der Waals surface area contributed by atoms with E-state index in [1.807, 2.05) is 31.2 Å². The molecular weight excluding hydrogens is 496 g/mol. The minimum Gasteiger partial charge on any atom is -0.462 e. The van der Waals surface area contributed by atoms with Gasteiger partial charge in [0.05, 0.1) is 12.2 Å². The monoisotopic (exact) mass is 520 g/mol. The van der Waals surface area contributed by atoms with Crippen LogP contribution in [0.3, 0.4) is 0 Å². The summed E-state index contributed by atoms with van der Waals surface area (Å²) in [7, 11) is 0. The number of fused-ring (bicyclic) bond motifs is 2. The molecule has 0 radical (unpaired) electrons. The third-order valence-corrected chi connectivity index (χ3v) is 7.49. The molecule has 1 amide bonds. The van der Waals surface area contributed by atoms with Crippen molar-refractivity contribution in [2.24, 2.45) is 4.99 Å². The molecule has 1 aliphatic carbocycles. The number of anilines is 1. The highest BCUT2D eigenvalue weighted by Gasteiger charge is 2.27. The number of carbonyl (C=O) groups is 2. The smallest absolute Gasteiger partial charge is 0.341 e. The topological polar surface area (TPSA) is 80.9 Å². The normalized spacial score (nSPS) is 13.5.